The van der Waals surface area contributed by atoms with Crippen LogP contribution < -0.4 is 18.9 Å². The molecule has 0 aliphatic rings. The molecular weight excluding hydrogens is 516 g/mol. The van der Waals surface area contributed by atoms with E-state index in [1.807, 2.05) is 63.2 Å². The maximum atomic E-state index is 14.1. The van der Waals surface area contributed by atoms with E-state index in [1.54, 1.807) is 30.3 Å². The van der Waals surface area contributed by atoms with Crippen LogP contribution >= 0.6 is 0 Å². The number of hydrogen-bond donors (Lipinski definition) is 2. The molecule has 1 aromatic heterocycles. The molecule has 0 unspecified atom stereocenters. The Morgan fingerprint density at radius 1 is 0.897 bits per heavy atom. The first-order valence-corrected chi connectivity index (χ1v) is 13.9. The number of aliphatic hydroxyl groups excluding tert-OH is 1. The molecule has 0 amide bonds. The number of pyridine rings is 1. The lowest BCUT2D eigenvalue weighted by Crippen LogP contribution is -2.20. The Hall–Kier alpha value is -4.08. The van der Waals surface area contributed by atoms with Gasteiger partial charge in [-0.05, 0) is 41.3 Å². The van der Waals surface area contributed by atoms with Crippen molar-refractivity contribution in [3.8, 4) is 34.1 Å². The highest BCUT2D eigenvalue weighted by atomic mass is 32.2. The van der Waals surface area contributed by atoms with Crippen molar-refractivity contribution in [2.45, 2.75) is 31.1 Å². The molecule has 204 valence electrons. The van der Waals surface area contributed by atoms with Gasteiger partial charge < -0.3 is 19.3 Å². The SMILES string of the molecule is COc1ccccc1Oc1c(C(C)(C)C)cc(-c2ccccc2)c(S(=O)(=O)Nc2ccncc2)c1OCCO. The van der Waals surface area contributed by atoms with Crippen molar-refractivity contribution < 1.29 is 27.7 Å². The average molecular weight is 549 g/mol. The van der Waals surface area contributed by atoms with Crippen molar-refractivity contribution in [2.75, 3.05) is 25.0 Å². The summed E-state index contributed by atoms with van der Waals surface area (Å²) in [5, 5.41) is 9.68. The van der Waals surface area contributed by atoms with Crippen LogP contribution in [0.25, 0.3) is 11.1 Å². The summed E-state index contributed by atoms with van der Waals surface area (Å²) in [6, 6.07) is 21.2. The number of benzene rings is 3. The minimum absolute atomic E-state index is 0.0113. The molecule has 0 bridgehead atoms. The first kappa shape index (κ1) is 27.9. The monoisotopic (exact) mass is 548 g/mol. The average Bonchev–Trinajstić information content (AvgIpc) is 2.92. The smallest absolute Gasteiger partial charge is 0.266 e. The van der Waals surface area contributed by atoms with Gasteiger partial charge in [0.1, 0.15) is 11.5 Å². The molecule has 0 radical (unpaired) electrons. The number of aromatic nitrogens is 1. The number of rotatable bonds is 10. The molecule has 0 fully saturated rings. The number of sulfonamides is 1. The predicted molar refractivity (Wildman–Crippen MR) is 151 cm³/mol. The number of para-hydroxylation sites is 2. The van der Waals surface area contributed by atoms with Crippen LogP contribution in [0.2, 0.25) is 0 Å². The van der Waals surface area contributed by atoms with Crippen molar-refractivity contribution in [1.29, 1.82) is 0 Å². The Morgan fingerprint density at radius 3 is 2.15 bits per heavy atom. The van der Waals surface area contributed by atoms with E-state index in [9.17, 15) is 13.5 Å². The van der Waals surface area contributed by atoms with Crippen LogP contribution in [0.4, 0.5) is 5.69 Å². The number of nitrogens with zero attached hydrogens (tertiary/aromatic N) is 1. The first-order chi connectivity index (χ1) is 18.7. The summed E-state index contributed by atoms with van der Waals surface area (Å²) in [4.78, 5) is 3.85. The molecule has 0 aliphatic heterocycles. The Labute approximate surface area is 229 Å². The van der Waals surface area contributed by atoms with Crippen molar-refractivity contribution in [2.24, 2.45) is 0 Å². The molecule has 0 spiro atoms. The van der Waals surface area contributed by atoms with E-state index in [-0.39, 0.29) is 29.6 Å². The number of anilines is 1. The Morgan fingerprint density at radius 2 is 1.54 bits per heavy atom. The van der Waals surface area contributed by atoms with Gasteiger partial charge in [0.25, 0.3) is 10.0 Å². The molecule has 2 N–H and O–H groups in total. The molecule has 4 aromatic rings. The lowest BCUT2D eigenvalue weighted by Gasteiger charge is -2.28. The van der Waals surface area contributed by atoms with Crippen LogP contribution in [-0.2, 0) is 15.4 Å². The minimum Gasteiger partial charge on any atom is -0.493 e. The van der Waals surface area contributed by atoms with E-state index in [0.717, 1.165) is 0 Å². The highest BCUT2D eigenvalue weighted by Gasteiger charge is 2.34. The molecule has 0 aliphatic carbocycles. The van der Waals surface area contributed by atoms with Crippen molar-refractivity contribution in [3.63, 3.8) is 0 Å². The van der Waals surface area contributed by atoms with E-state index < -0.39 is 15.4 Å². The second kappa shape index (κ2) is 11.8. The van der Waals surface area contributed by atoms with E-state index in [2.05, 4.69) is 9.71 Å². The van der Waals surface area contributed by atoms with E-state index in [4.69, 9.17) is 14.2 Å². The lowest BCUT2D eigenvalue weighted by atomic mass is 9.84. The Kier molecular flexibility index (Phi) is 8.42. The second-order valence-corrected chi connectivity index (χ2v) is 11.4. The largest absolute Gasteiger partial charge is 0.493 e. The lowest BCUT2D eigenvalue weighted by molar-refractivity contribution is 0.194. The summed E-state index contributed by atoms with van der Waals surface area (Å²) < 4.78 is 48.8. The van der Waals surface area contributed by atoms with Gasteiger partial charge in [0.15, 0.2) is 23.0 Å². The van der Waals surface area contributed by atoms with E-state index >= 15 is 0 Å². The van der Waals surface area contributed by atoms with Crippen LogP contribution in [0.5, 0.6) is 23.0 Å². The van der Waals surface area contributed by atoms with Crippen molar-refractivity contribution in [1.82, 2.24) is 4.98 Å². The summed E-state index contributed by atoms with van der Waals surface area (Å²) in [6.45, 7) is 5.54. The molecular formula is C30H32N2O6S. The zero-order valence-electron chi connectivity index (χ0n) is 22.3. The molecule has 9 heteroatoms. The van der Waals surface area contributed by atoms with Crippen LogP contribution in [0, 0.1) is 0 Å². The normalized spacial score (nSPS) is 11.6. The summed E-state index contributed by atoms with van der Waals surface area (Å²) >= 11 is 0. The van der Waals surface area contributed by atoms with Gasteiger partial charge in [0.2, 0.25) is 0 Å². The third-order valence-corrected chi connectivity index (χ3v) is 7.35. The van der Waals surface area contributed by atoms with Gasteiger partial charge in [0, 0.05) is 23.5 Å². The van der Waals surface area contributed by atoms with Crippen LogP contribution in [0.1, 0.15) is 26.3 Å². The molecule has 39 heavy (non-hydrogen) atoms. The zero-order valence-corrected chi connectivity index (χ0v) is 23.2. The maximum absolute atomic E-state index is 14.1. The van der Waals surface area contributed by atoms with Crippen LogP contribution in [-0.4, -0.2) is 38.8 Å². The zero-order chi connectivity index (χ0) is 28.0. The predicted octanol–water partition coefficient (Wildman–Crippen LogP) is 6.02. The van der Waals surface area contributed by atoms with Crippen molar-refractivity contribution in [3.05, 3.63) is 90.8 Å². The van der Waals surface area contributed by atoms with E-state index in [1.165, 1.54) is 19.5 Å². The van der Waals surface area contributed by atoms with Crippen LogP contribution in [0.3, 0.4) is 0 Å². The molecule has 1 heterocycles. The van der Waals surface area contributed by atoms with Gasteiger partial charge in [-0.1, -0.05) is 63.2 Å². The van der Waals surface area contributed by atoms with Gasteiger partial charge in [-0.2, -0.15) is 0 Å². The van der Waals surface area contributed by atoms with Gasteiger partial charge in [-0.25, -0.2) is 8.42 Å². The fraction of sp³-hybridized carbons (Fsp3) is 0.233. The first-order valence-electron chi connectivity index (χ1n) is 12.4. The van der Waals surface area contributed by atoms with Gasteiger partial charge in [-0.3, -0.25) is 9.71 Å². The highest BCUT2D eigenvalue weighted by molar-refractivity contribution is 7.93. The van der Waals surface area contributed by atoms with Gasteiger partial charge >= 0.3 is 0 Å². The molecule has 4 rings (SSSR count). The van der Waals surface area contributed by atoms with Crippen molar-refractivity contribution >= 4 is 15.7 Å². The second-order valence-electron chi connectivity index (χ2n) is 9.74. The quantitative estimate of drug-likeness (QED) is 0.250. The third kappa shape index (κ3) is 6.32. The number of hydrogen-bond acceptors (Lipinski definition) is 7. The number of nitrogens with one attached hydrogen (secondary N) is 1. The molecule has 0 atom stereocenters. The standard InChI is InChI=1S/C30H32N2O6S/c1-30(2,3)24-20-23(21-10-6-5-7-11-21)29(39(34,35)32-22-14-16-31-17-15-22)28(37-19-18-33)27(24)38-26-13-9-8-12-25(26)36-4/h5-17,20,33H,18-19H2,1-4H3,(H,31,32). The third-order valence-electron chi connectivity index (χ3n) is 5.90. The summed E-state index contributed by atoms with van der Waals surface area (Å²) in [7, 11) is -2.71. The summed E-state index contributed by atoms with van der Waals surface area (Å²) in [5.74, 6) is 1.06. The maximum Gasteiger partial charge on any atom is 0.266 e. The van der Waals surface area contributed by atoms with E-state index in [0.29, 0.717) is 33.9 Å². The fourth-order valence-corrected chi connectivity index (χ4v) is 5.51. The number of ether oxygens (including phenoxy) is 3. The minimum atomic E-state index is -4.24. The van der Waals surface area contributed by atoms with Gasteiger partial charge in [-0.15, -0.1) is 0 Å². The van der Waals surface area contributed by atoms with Crippen LogP contribution in [0.15, 0.2) is 90.1 Å². The summed E-state index contributed by atoms with van der Waals surface area (Å²) in [6.07, 6.45) is 3.00. The highest BCUT2D eigenvalue weighted by Crippen LogP contribution is 2.50. The fourth-order valence-electron chi connectivity index (χ4n) is 4.10. The Bertz CT molecular complexity index is 1520. The molecule has 0 saturated heterocycles. The number of methoxy groups -OCH3 is 1. The Balaban J connectivity index is 2.08. The molecule has 3 aromatic carbocycles. The topological polar surface area (TPSA) is 107 Å². The molecule has 0 saturated carbocycles. The summed E-state index contributed by atoms with van der Waals surface area (Å²) in [5.41, 5.74) is 1.67. The molecule has 8 nitrogen and oxygen atoms in total. The van der Waals surface area contributed by atoms with Gasteiger partial charge in [0.05, 0.1) is 19.4 Å². The number of aliphatic hydroxyl groups is 1.